The molecule has 20 heavy (non-hydrogen) atoms. The molecule has 3 nitrogen and oxygen atoms in total. The summed E-state index contributed by atoms with van der Waals surface area (Å²) >= 11 is 1.75. The molecule has 0 atom stereocenters. The molecule has 4 heteroatoms. The van der Waals surface area contributed by atoms with Crippen molar-refractivity contribution in [2.45, 2.75) is 13.3 Å². The maximum Gasteiger partial charge on any atom is 0.119 e. The number of thiophene rings is 1. The number of hydrogen-bond acceptors (Lipinski definition) is 4. The van der Waals surface area contributed by atoms with E-state index in [0.717, 1.165) is 31.0 Å². The summed E-state index contributed by atoms with van der Waals surface area (Å²) in [5, 5.41) is 7.69. The van der Waals surface area contributed by atoms with Gasteiger partial charge in [-0.3, -0.25) is 0 Å². The van der Waals surface area contributed by atoms with Gasteiger partial charge in [0.15, 0.2) is 0 Å². The average Bonchev–Trinajstić information content (AvgIpc) is 2.98. The lowest BCUT2D eigenvalue weighted by atomic mass is 10.2. The summed E-state index contributed by atoms with van der Waals surface area (Å²) in [6.45, 7) is 5.19. The van der Waals surface area contributed by atoms with E-state index in [4.69, 9.17) is 9.47 Å². The van der Waals surface area contributed by atoms with E-state index in [0.29, 0.717) is 13.2 Å². The molecule has 0 unspecified atom stereocenters. The van der Waals surface area contributed by atoms with Gasteiger partial charge in [-0.1, -0.05) is 0 Å². The molecule has 0 bridgehead atoms. The molecule has 0 aliphatic carbocycles. The number of benzene rings is 1. The predicted molar refractivity (Wildman–Crippen MR) is 84.0 cm³/mol. The van der Waals surface area contributed by atoms with E-state index in [2.05, 4.69) is 22.1 Å². The van der Waals surface area contributed by atoms with Crippen molar-refractivity contribution in [3.8, 4) is 11.5 Å². The smallest absolute Gasteiger partial charge is 0.119 e. The van der Waals surface area contributed by atoms with Crippen LogP contribution in [0.25, 0.3) is 0 Å². The van der Waals surface area contributed by atoms with E-state index < -0.39 is 0 Å². The molecule has 0 saturated carbocycles. The van der Waals surface area contributed by atoms with Crippen molar-refractivity contribution < 1.29 is 9.47 Å². The van der Waals surface area contributed by atoms with Crippen molar-refractivity contribution in [2.75, 3.05) is 26.3 Å². The summed E-state index contributed by atoms with van der Waals surface area (Å²) in [6, 6.07) is 9.92. The van der Waals surface area contributed by atoms with Gasteiger partial charge in [0.1, 0.15) is 18.1 Å². The van der Waals surface area contributed by atoms with Crippen LogP contribution in [0.5, 0.6) is 11.5 Å². The zero-order valence-electron chi connectivity index (χ0n) is 11.8. The summed E-state index contributed by atoms with van der Waals surface area (Å²) in [5.74, 6) is 1.77. The molecule has 1 aromatic heterocycles. The lowest BCUT2D eigenvalue weighted by Crippen LogP contribution is -2.23. The second-order valence-electron chi connectivity index (χ2n) is 4.38. The van der Waals surface area contributed by atoms with Gasteiger partial charge in [0.25, 0.3) is 0 Å². The van der Waals surface area contributed by atoms with Gasteiger partial charge in [-0.2, -0.15) is 11.3 Å². The van der Waals surface area contributed by atoms with Gasteiger partial charge < -0.3 is 14.8 Å². The van der Waals surface area contributed by atoms with E-state index >= 15 is 0 Å². The van der Waals surface area contributed by atoms with Crippen LogP contribution in [0, 0.1) is 0 Å². The Morgan fingerprint density at radius 1 is 1.00 bits per heavy atom. The number of ether oxygens (including phenoxy) is 2. The molecule has 1 heterocycles. The van der Waals surface area contributed by atoms with Crippen molar-refractivity contribution in [1.82, 2.24) is 5.32 Å². The predicted octanol–water partition coefficient (Wildman–Crippen LogP) is 3.36. The Morgan fingerprint density at radius 2 is 1.75 bits per heavy atom. The lowest BCUT2D eigenvalue weighted by molar-refractivity contribution is 0.312. The second kappa shape index (κ2) is 8.61. The SMILES string of the molecule is CCOc1ccc(OCCNCCc2ccsc2)cc1. The molecule has 0 spiro atoms. The largest absolute Gasteiger partial charge is 0.494 e. The fourth-order valence-corrected chi connectivity index (χ4v) is 2.54. The Bertz CT molecular complexity index is 468. The quantitative estimate of drug-likeness (QED) is 0.719. The van der Waals surface area contributed by atoms with Crippen LogP contribution < -0.4 is 14.8 Å². The summed E-state index contributed by atoms with van der Waals surface area (Å²) in [4.78, 5) is 0. The monoisotopic (exact) mass is 291 g/mol. The van der Waals surface area contributed by atoms with Crippen LogP contribution in [0.2, 0.25) is 0 Å². The molecular formula is C16H21NO2S. The molecule has 2 rings (SSSR count). The summed E-state index contributed by atoms with van der Waals surface area (Å²) < 4.78 is 11.0. The first kappa shape index (κ1) is 14.9. The van der Waals surface area contributed by atoms with E-state index in [-0.39, 0.29) is 0 Å². The highest BCUT2D eigenvalue weighted by Crippen LogP contribution is 2.17. The highest BCUT2D eigenvalue weighted by molar-refractivity contribution is 7.07. The molecule has 0 saturated heterocycles. The number of rotatable bonds is 9. The van der Waals surface area contributed by atoms with Crippen molar-refractivity contribution in [2.24, 2.45) is 0 Å². The van der Waals surface area contributed by atoms with Gasteiger partial charge in [0.2, 0.25) is 0 Å². The first-order valence-electron chi connectivity index (χ1n) is 6.96. The maximum atomic E-state index is 5.66. The van der Waals surface area contributed by atoms with Gasteiger partial charge in [0, 0.05) is 6.54 Å². The molecule has 2 aromatic rings. The van der Waals surface area contributed by atoms with E-state index in [1.807, 2.05) is 31.2 Å². The number of hydrogen-bond donors (Lipinski definition) is 1. The molecule has 0 radical (unpaired) electrons. The topological polar surface area (TPSA) is 30.5 Å². The minimum atomic E-state index is 0.678. The van der Waals surface area contributed by atoms with Crippen LogP contribution in [-0.2, 0) is 6.42 Å². The second-order valence-corrected chi connectivity index (χ2v) is 5.16. The summed E-state index contributed by atoms with van der Waals surface area (Å²) in [7, 11) is 0. The van der Waals surface area contributed by atoms with Crippen LogP contribution in [-0.4, -0.2) is 26.3 Å². The van der Waals surface area contributed by atoms with E-state index in [9.17, 15) is 0 Å². The van der Waals surface area contributed by atoms with Gasteiger partial charge in [-0.05, 0) is 66.5 Å². The molecule has 108 valence electrons. The summed E-state index contributed by atoms with van der Waals surface area (Å²) in [6.07, 6.45) is 1.08. The average molecular weight is 291 g/mol. The van der Waals surface area contributed by atoms with Crippen molar-refractivity contribution in [3.63, 3.8) is 0 Å². The highest BCUT2D eigenvalue weighted by Gasteiger charge is 1.96. The number of nitrogens with one attached hydrogen (secondary N) is 1. The Morgan fingerprint density at radius 3 is 2.40 bits per heavy atom. The van der Waals surface area contributed by atoms with Gasteiger partial charge in [0.05, 0.1) is 6.61 Å². The fourth-order valence-electron chi connectivity index (χ4n) is 1.83. The van der Waals surface area contributed by atoms with Gasteiger partial charge in [-0.25, -0.2) is 0 Å². The van der Waals surface area contributed by atoms with Crippen LogP contribution in [0.4, 0.5) is 0 Å². The van der Waals surface area contributed by atoms with Crippen molar-refractivity contribution in [1.29, 1.82) is 0 Å². The van der Waals surface area contributed by atoms with Crippen LogP contribution >= 0.6 is 11.3 Å². The molecule has 0 aliphatic heterocycles. The van der Waals surface area contributed by atoms with E-state index in [1.54, 1.807) is 11.3 Å². The highest BCUT2D eigenvalue weighted by atomic mass is 32.1. The first-order valence-corrected chi connectivity index (χ1v) is 7.90. The van der Waals surface area contributed by atoms with Gasteiger partial charge >= 0.3 is 0 Å². The Kier molecular flexibility index (Phi) is 6.41. The minimum absolute atomic E-state index is 0.678. The zero-order valence-corrected chi connectivity index (χ0v) is 12.6. The fraction of sp³-hybridized carbons (Fsp3) is 0.375. The standard InChI is InChI=1S/C16H21NO2S/c1-2-18-15-3-5-16(6-4-15)19-11-10-17-9-7-14-8-12-20-13-14/h3-6,8,12-13,17H,2,7,9-11H2,1H3. The third-order valence-electron chi connectivity index (χ3n) is 2.85. The van der Waals surface area contributed by atoms with Crippen molar-refractivity contribution >= 4 is 11.3 Å². The molecule has 1 N–H and O–H groups in total. The van der Waals surface area contributed by atoms with Gasteiger partial charge in [-0.15, -0.1) is 0 Å². The van der Waals surface area contributed by atoms with Crippen LogP contribution in [0.1, 0.15) is 12.5 Å². The van der Waals surface area contributed by atoms with Crippen LogP contribution in [0.3, 0.4) is 0 Å². The lowest BCUT2D eigenvalue weighted by Gasteiger charge is -2.08. The van der Waals surface area contributed by atoms with Crippen molar-refractivity contribution in [3.05, 3.63) is 46.7 Å². The zero-order chi connectivity index (χ0) is 14.0. The molecular weight excluding hydrogens is 270 g/mol. The molecule has 0 fully saturated rings. The minimum Gasteiger partial charge on any atom is -0.494 e. The Labute approximate surface area is 124 Å². The normalized spacial score (nSPS) is 10.4. The Balaban J connectivity index is 1.56. The third-order valence-corrected chi connectivity index (χ3v) is 3.58. The first-order chi connectivity index (χ1) is 9.88. The van der Waals surface area contributed by atoms with E-state index in [1.165, 1.54) is 5.56 Å². The molecule has 1 aromatic carbocycles. The molecule has 0 amide bonds. The maximum absolute atomic E-state index is 5.66. The van der Waals surface area contributed by atoms with Crippen LogP contribution in [0.15, 0.2) is 41.1 Å². The molecule has 0 aliphatic rings. The Hall–Kier alpha value is -1.52. The summed E-state index contributed by atoms with van der Waals surface area (Å²) in [5.41, 5.74) is 1.40. The third kappa shape index (κ3) is 5.23.